The van der Waals surface area contributed by atoms with Gasteiger partial charge in [-0.05, 0) is 25.1 Å². The highest BCUT2D eigenvalue weighted by atomic mass is 32.2. The maximum Gasteiger partial charge on any atom is 0.406 e. The molecule has 0 saturated heterocycles. The molecule has 1 aromatic carbocycles. The van der Waals surface area contributed by atoms with Gasteiger partial charge in [-0.25, -0.2) is 13.2 Å². The average molecular weight is 300 g/mol. The Hall–Kier alpha value is -2.09. The monoisotopic (exact) mass is 300 g/mol. The number of rotatable bonds is 5. The van der Waals surface area contributed by atoms with E-state index < -0.39 is 28.0 Å². The van der Waals surface area contributed by atoms with Gasteiger partial charge in [0.25, 0.3) is 5.91 Å². The third kappa shape index (κ3) is 4.23. The fourth-order valence-corrected chi connectivity index (χ4v) is 2.42. The van der Waals surface area contributed by atoms with Gasteiger partial charge in [-0.15, -0.1) is 0 Å². The van der Waals surface area contributed by atoms with Crippen molar-refractivity contribution in [1.82, 2.24) is 10.6 Å². The Kier molecular flexibility index (Phi) is 5.09. The van der Waals surface area contributed by atoms with Gasteiger partial charge in [0.2, 0.25) is 0 Å². The Morgan fingerprint density at radius 1 is 1.30 bits per heavy atom. The van der Waals surface area contributed by atoms with Crippen molar-refractivity contribution >= 4 is 21.8 Å². The molecule has 2 amide bonds. The summed E-state index contributed by atoms with van der Waals surface area (Å²) in [6.45, 7) is 2.97. The number of nitrogens with one attached hydrogen (secondary N) is 2. The Balaban J connectivity index is 2.90. The van der Waals surface area contributed by atoms with Crippen LogP contribution in [0.1, 0.15) is 24.2 Å². The molecule has 110 valence electrons. The molecule has 0 saturated carbocycles. The molecular formula is C12H16N2O5S. The molecule has 0 aromatic heterocycles. The second-order valence-corrected chi connectivity index (χ2v) is 6.35. The molecule has 0 spiro atoms. The van der Waals surface area contributed by atoms with Crippen molar-refractivity contribution in [2.45, 2.75) is 24.9 Å². The van der Waals surface area contributed by atoms with Gasteiger partial charge in [0, 0.05) is 5.56 Å². The third-order valence-electron chi connectivity index (χ3n) is 2.52. The highest BCUT2D eigenvalue weighted by Gasteiger charge is 2.15. The molecule has 0 aliphatic heterocycles. The summed E-state index contributed by atoms with van der Waals surface area (Å²) in [6, 6.07) is 5.60. The van der Waals surface area contributed by atoms with E-state index in [0.717, 1.165) is 0 Å². The van der Waals surface area contributed by atoms with E-state index in [1.807, 2.05) is 0 Å². The molecule has 0 unspecified atom stereocenters. The molecule has 0 heterocycles. The lowest BCUT2D eigenvalue weighted by Crippen LogP contribution is -2.45. The van der Waals surface area contributed by atoms with Crippen molar-refractivity contribution in [2.24, 2.45) is 0 Å². The first kappa shape index (κ1) is 16.0. The minimum absolute atomic E-state index is 0.0605. The zero-order valence-electron chi connectivity index (χ0n) is 11.1. The van der Waals surface area contributed by atoms with Gasteiger partial charge in [-0.3, -0.25) is 4.79 Å². The molecule has 20 heavy (non-hydrogen) atoms. The molecule has 0 aliphatic rings. The molecule has 1 rings (SSSR count). The molecule has 0 aliphatic carbocycles. The van der Waals surface area contributed by atoms with E-state index in [1.165, 1.54) is 38.1 Å². The molecule has 1 atom stereocenters. The lowest BCUT2D eigenvalue weighted by Gasteiger charge is -2.13. The fourth-order valence-electron chi connectivity index (χ4n) is 1.50. The van der Waals surface area contributed by atoms with Crippen molar-refractivity contribution in [3.05, 3.63) is 29.8 Å². The number of carboxylic acid groups (broad SMARTS) is 1. The fraction of sp³-hybridized carbons (Fsp3) is 0.333. The second kappa shape index (κ2) is 6.38. The minimum Gasteiger partial charge on any atom is -0.465 e. The zero-order chi connectivity index (χ0) is 15.3. The minimum atomic E-state index is -3.39. The molecule has 0 bridgehead atoms. The summed E-state index contributed by atoms with van der Waals surface area (Å²) in [5.74, 6) is -0.617. The number of carbonyl (C=O) groups is 2. The van der Waals surface area contributed by atoms with E-state index in [9.17, 15) is 18.0 Å². The van der Waals surface area contributed by atoms with Crippen LogP contribution in [0.4, 0.5) is 4.79 Å². The van der Waals surface area contributed by atoms with Crippen molar-refractivity contribution in [2.75, 3.05) is 5.75 Å². The van der Waals surface area contributed by atoms with Gasteiger partial charge in [-0.1, -0.05) is 13.0 Å². The predicted octanol–water partition coefficient (Wildman–Crippen LogP) is 0.824. The molecule has 0 radical (unpaired) electrons. The van der Waals surface area contributed by atoms with Gasteiger partial charge < -0.3 is 15.7 Å². The van der Waals surface area contributed by atoms with Crippen LogP contribution in [0.25, 0.3) is 0 Å². The average Bonchev–Trinajstić information content (AvgIpc) is 2.37. The standard InChI is InChI=1S/C12H16N2O5S/c1-3-20(18,19)10-6-4-5-9(7-10)11(15)13-8(2)14-12(16)17/h4-8,14H,3H2,1-2H3,(H,13,15)(H,16,17)/t8-/m1/s1. The zero-order valence-corrected chi connectivity index (χ0v) is 11.9. The molecule has 0 fully saturated rings. The third-order valence-corrected chi connectivity index (χ3v) is 4.26. The van der Waals surface area contributed by atoms with Crippen molar-refractivity contribution in [3.63, 3.8) is 0 Å². The lowest BCUT2D eigenvalue weighted by atomic mass is 10.2. The van der Waals surface area contributed by atoms with Crippen molar-refractivity contribution in [3.8, 4) is 0 Å². The summed E-state index contributed by atoms with van der Waals surface area (Å²) in [4.78, 5) is 22.3. The SMILES string of the molecule is CCS(=O)(=O)c1cccc(C(=O)N[C@@H](C)NC(=O)O)c1. The first-order valence-electron chi connectivity index (χ1n) is 5.89. The van der Waals surface area contributed by atoms with Crippen LogP contribution in [0.15, 0.2) is 29.2 Å². The van der Waals surface area contributed by atoms with Crippen LogP contribution in [0, 0.1) is 0 Å². The van der Waals surface area contributed by atoms with Crippen LogP contribution in [0.2, 0.25) is 0 Å². The Bertz CT molecular complexity index is 612. The van der Waals surface area contributed by atoms with E-state index >= 15 is 0 Å². The number of carbonyl (C=O) groups excluding carboxylic acids is 1. The van der Waals surface area contributed by atoms with Crippen LogP contribution in [0.3, 0.4) is 0 Å². The number of hydrogen-bond acceptors (Lipinski definition) is 4. The summed E-state index contributed by atoms with van der Waals surface area (Å²) in [6.07, 6.45) is -2.05. The van der Waals surface area contributed by atoms with E-state index in [2.05, 4.69) is 10.6 Å². The van der Waals surface area contributed by atoms with Gasteiger partial charge in [0.1, 0.15) is 6.17 Å². The normalized spacial score (nSPS) is 12.5. The van der Waals surface area contributed by atoms with E-state index in [0.29, 0.717) is 0 Å². The van der Waals surface area contributed by atoms with Crippen LogP contribution in [-0.2, 0) is 9.84 Å². The summed E-state index contributed by atoms with van der Waals surface area (Å²) in [7, 11) is -3.39. The van der Waals surface area contributed by atoms with Crippen LogP contribution in [0.5, 0.6) is 0 Å². The maximum absolute atomic E-state index is 11.9. The topological polar surface area (TPSA) is 113 Å². The van der Waals surface area contributed by atoms with Crippen LogP contribution in [-0.4, -0.2) is 37.4 Å². The van der Waals surface area contributed by atoms with E-state index in [1.54, 1.807) is 0 Å². The van der Waals surface area contributed by atoms with Crippen molar-refractivity contribution < 1.29 is 23.1 Å². The highest BCUT2D eigenvalue weighted by molar-refractivity contribution is 7.91. The molecular weight excluding hydrogens is 284 g/mol. The smallest absolute Gasteiger partial charge is 0.406 e. The Morgan fingerprint density at radius 2 is 1.95 bits per heavy atom. The molecule has 8 heteroatoms. The van der Waals surface area contributed by atoms with Crippen LogP contribution < -0.4 is 10.6 Å². The predicted molar refractivity (Wildman–Crippen MR) is 72.3 cm³/mol. The molecule has 1 aromatic rings. The first-order chi connectivity index (χ1) is 9.26. The first-order valence-corrected chi connectivity index (χ1v) is 7.54. The number of sulfone groups is 1. The quantitative estimate of drug-likeness (QED) is 0.697. The highest BCUT2D eigenvalue weighted by Crippen LogP contribution is 2.13. The van der Waals surface area contributed by atoms with E-state index in [4.69, 9.17) is 5.11 Å². The summed E-state index contributed by atoms with van der Waals surface area (Å²) >= 11 is 0. The lowest BCUT2D eigenvalue weighted by molar-refractivity contribution is 0.0933. The van der Waals surface area contributed by atoms with Crippen molar-refractivity contribution in [1.29, 1.82) is 0 Å². The summed E-state index contributed by atoms with van der Waals surface area (Å²) in [5, 5.41) is 13.0. The largest absolute Gasteiger partial charge is 0.465 e. The van der Waals surface area contributed by atoms with E-state index in [-0.39, 0.29) is 16.2 Å². The maximum atomic E-state index is 11.9. The Labute approximate surface area is 116 Å². The van der Waals surface area contributed by atoms with Crippen LogP contribution >= 0.6 is 0 Å². The van der Waals surface area contributed by atoms with Gasteiger partial charge in [-0.2, -0.15) is 0 Å². The van der Waals surface area contributed by atoms with Gasteiger partial charge >= 0.3 is 6.09 Å². The molecule has 3 N–H and O–H groups in total. The number of amides is 2. The number of benzene rings is 1. The number of hydrogen-bond donors (Lipinski definition) is 3. The summed E-state index contributed by atoms with van der Waals surface area (Å²) in [5.41, 5.74) is 0.151. The molecule has 7 nitrogen and oxygen atoms in total. The van der Waals surface area contributed by atoms with Gasteiger partial charge in [0.15, 0.2) is 9.84 Å². The summed E-state index contributed by atoms with van der Waals surface area (Å²) < 4.78 is 23.4. The Morgan fingerprint density at radius 3 is 2.50 bits per heavy atom. The van der Waals surface area contributed by atoms with Gasteiger partial charge in [0.05, 0.1) is 10.6 Å². The second-order valence-electron chi connectivity index (χ2n) is 4.08.